The molecule has 2 aromatic rings. The number of methoxy groups -OCH3 is 1. The monoisotopic (exact) mass is 420 g/mol. The smallest absolute Gasteiger partial charge is 0.277 e. The minimum atomic E-state index is -0.347. The average molecular weight is 421 g/mol. The first kappa shape index (κ1) is 19.8. The summed E-state index contributed by atoms with van der Waals surface area (Å²) in [5.41, 5.74) is 4.24. The fourth-order valence-corrected chi connectivity index (χ4v) is 2.74. The highest BCUT2D eigenvalue weighted by Gasteiger charge is 2.10. The van der Waals surface area contributed by atoms with Crippen LogP contribution in [0.5, 0.6) is 17.2 Å². The first-order chi connectivity index (χ1) is 12.5. The number of amides is 1. The highest BCUT2D eigenvalue weighted by molar-refractivity contribution is 9.10. The molecule has 2 rings (SSSR count). The van der Waals surface area contributed by atoms with E-state index in [2.05, 4.69) is 26.5 Å². The molecular weight excluding hydrogens is 400 g/mol. The van der Waals surface area contributed by atoms with Crippen molar-refractivity contribution in [1.82, 2.24) is 5.43 Å². The predicted octanol–water partition coefficient (Wildman–Crippen LogP) is 3.69. The van der Waals surface area contributed by atoms with Gasteiger partial charge in [0, 0.05) is 0 Å². The summed E-state index contributed by atoms with van der Waals surface area (Å²) in [4.78, 5) is 11.8. The van der Waals surface area contributed by atoms with E-state index in [4.69, 9.17) is 14.2 Å². The number of ether oxygens (including phenoxy) is 3. The summed E-state index contributed by atoms with van der Waals surface area (Å²) in [6.45, 7) is 4.27. The molecule has 0 saturated heterocycles. The van der Waals surface area contributed by atoms with Crippen LogP contribution in [0.1, 0.15) is 18.1 Å². The molecule has 1 amide bonds. The molecule has 0 aliphatic rings. The van der Waals surface area contributed by atoms with Crippen LogP contribution in [0.25, 0.3) is 0 Å². The Balaban J connectivity index is 1.93. The second kappa shape index (κ2) is 9.82. The zero-order valence-electron chi connectivity index (χ0n) is 14.9. The summed E-state index contributed by atoms with van der Waals surface area (Å²) in [6, 6.07) is 11.1. The third-order valence-electron chi connectivity index (χ3n) is 3.30. The van der Waals surface area contributed by atoms with Crippen LogP contribution in [0, 0.1) is 6.92 Å². The number of rotatable bonds is 8. The van der Waals surface area contributed by atoms with Gasteiger partial charge in [-0.3, -0.25) is 4.79 Å². The third kappa shape index (κ3) is 5.77. The van der Waals surface area contributed by atoms with Crippen LogP contribution in [0.3, 0.4) is 0 Å². The molecule has 0 aromatic heterocycles. The lowest BCUT2D eigenvalue weighted by molar-refractivity contribution is -0.123. The van der Waals surface area contributed by atoms with E-state index >= 15 is 0 Å². The van der Waals surface area contributed by atoms with E-state index in [0.29, 0.717) is 23.9 Å². The quantitative estimate of drug-likeness (QED) is 0.522. The van der Waals surface area contributed by atoms with Gasteiger partial charge in [-0.1, -0.05) is 12.1 Å². The van der Waals surface area contributed by atoms with Crippen molar-refractivity contribution in [1.29, 1.82) is 0 Å². The standard InChI is InChI=1S/C19H21BrN2O4/c1-4-25-19-16(20)9-14(10-17(19)24-3)11-21-22-18(23)12-26-15-7-5-6-13(2)8-15/h5-11H,4,12H2,1-3H3,(H,22,23)/b21-11+. The first-order valence-electron chi connectivity index (χ1n) is 8.05. The molecular formula is C19H21BrN2O4. The topological polar surface area (TPSA) is 69.2 Å². The fraction of sp³-hybridized carbons (Fsp3) is 0.263. The number of benzene rings is 2. The zero-order chi connectivity index (χ0) is 18.9. The number of carbonyl (C=O) groups is 1. The lowest BCUT2D eigenvalue weighted by Crippen LogP contribution is -2.24. The van der Waals surface area contributed by atoms with Crippen molar-refractivity contribution < 1.29 is 19.0 Å². The Kier molecular flexibility index (Phi) is 7.47. The lowest BCUT2D eigenvalue weighted by atomic mass is 10.2. The molecule has 1 N–H and O–H groups in total. The summed E-state index contributed by atoms with van der Waals surface area (Å²) in [5.74, 6) is 1.50. The van der Waals surface area contributed by atoms with Crippen LogP contribution in [-0.4, -0.2) is 32.4 Å². The molecule has 0 spiro atoms. The van der Waals surface area contributed by atoms with Crippen molar-refractivity contribution in [2.24, 2.45) is 5.10 Å². The molecule has 0 radical (unpaired) electrons. The Morgan fingerprint density at radius 3 is 2.77 bits per heavy atom. The molecule has 0 bridgehead atoms. The van der Waals surface area contributed by atoms with Gasteiger partial charge in [0.1, 0.15) is 5.75 Å². The van der Waals surface area contributed by atoms with E-state index in [1.165, 1.54) is 6.21 Å². The van der Waals surface area contributed by atoms with Gasteiger partial charge in [0.05, 0.1) is 24.4 Å². The molecule has 0 unspecified atom stereocenters. The van der Waals surface area contributed by atoms with Gasteiger partial charge in [-0.25, -0.2) is 5.43 Å². The van der Waals surface area contributed by atoms with Gasteiger partial charge in [0.25, 0.3) is 5.91 Å². The SMILES string of the molecule is CCOc1c(Br)cc(/C=N/NC(=O)COc2cccc(C)c2)cc1OC. The molecule has 26 heavy (non-hydrogen) atoms. The Hall–Kier alpha value is -2.54. The van der Waals surface area contributed by atoms with Gasteiger partial charge in [-0.05, 0) is 65.2 Å². The van der Waals surface area contributed by atoms with Gasteiger partial charge in [0.2, 0.25) is 0 Å². The van der Waals surface area contributed by atoms with Crippen LogP contribution < -0.4 is 19.6 Å². The Labute approximate surface area is 161 Å². The zero-order valence-corrected chi connectivity index (χ0v) is 16.5. The molecule has 0 fully saturated rings. The minimum absolute atomic E-state index is 0.114. The molecule has 0 saturated carbocycles. The number of hydrazone groups is 1. The highest BCUT2D eigenvalue weighted by atomic mass is 79.9. The fourth-order valence-electron chi connectivity index (χ4n) is 2.16. The number of aryl methyl sites for hydroxylation is 1. The molecule has 0 aliphatic carbocycles. The molecule has 0 aliphatic heterocycles. The van der Waals surface area contributed by atoms with Crippen molar-refractivity contribution in [3.05, 3.63) is 52.0 Å². The molecule has 2 aromatic carbocycles. The summed E-state index contributed by atoms with van der Waals surface area (Å²) >= 11 is 3.44. The Morgan fingerprint density at radius 2 is 2.08 bits per heavy atom. The second-order valence-corrected chi connectivity index (χ2v) is 6.22. The number of carbonyl (C=O) groups excluding carboxylic acids is 1. The van der Waals surface area contributed by atoms with E-state index in [1.54, 1.807) is 19.2 Å². The molecule has 6 nitrogen and oxygen atoms in total. The summed E-state index contributed by atoms with van der Waals surface area (Å²) in [5, 5.41) is 3.94. The van der Waals surface area contributed by atoms with Gasteiger partial charge >= 0.3 is 0 Å². The number of nitrogens with zero attached hydrogens (tertiary/aromatic N) is 1. The van der Waals surface area contributed by atoms with Crippen LogP contribution in [0.4, 0.5) is 0 Å². The number of hydrogen-bond acceptors (Lipinski definition) is 5. The van der Waals surface area contributed by atoms with Crippen LogP contribution in [0.15, 0.2) is 46.0 Å². The maximum absolute atomic E-state index is 11.8. The summed E-state index contributed by atoms with van der Waals surface area (Å²) in [7, 11) is 1.57. The van der Waals surface area contributed by atoms with Crippen molar-refractivity contribution >= 4 is 28.1 Å². The summed E-state index contributed by atoms with van der Waals surface area (Å²) in [6.07, 6.45) is 1.52. The Bertz CT molecular complexity index is 793. The van der Waals surface area contributed by atoms with Crippen molar-refractivity contribution in [2.75, 3.05) is 20.3 Å². The van der Waals surface area contributed by atoms with E-state index in [1.807, 2.05) is 38.1 Å². The number of nitrogens with one attached hydrogen (secondary N) is 1. The van der Waals surface area contributed by atoms with Gasteiger partial charge in [0.15, 0.2) is 18.1 Å². The Morgan fingerprint density at radius 1 is 1.27 bits per heavy atom. The second-order valence-electron chi connectivity index (χ2n) is 5.37. The first-order valence-corrected chi connectivity index (χ1v) is 8.84. The highest BCUT2D eigenvalue weighted by Crippen LogP contribution is 2.36. The molecule has 7 heteroatoms. The third-order valence-corrected chi connectivity index (χ3v) is 3.89. The van der Waals surface area contributed by atoms with E-state index in [0.717, 1.165) is 15.6 Å². The van der Waals surface area contributed by atoms with Gasteiger partial charge < -0.3 is 14.2 Å². The van der Waals surface area contributed by atoms with Crippen molar-refractivity contribution in [3.8, 4) is 17.2 Å². The van der Waals surface area contributed by atoms with Crippen LogP contribution in [0.2, 0.25) is 0 Å². The lowest BCUT2D eigenvalue weighted by Gasteiger charge is -2.12. The van der Waals surface area contributed by atoms with E-state index in [-0.39, 0.29) is 12.5 Å². The maximum Gasteiger partial charge on any atom is 0.277 e. The predicted molar refractivity (Wildman–Crippen MR) is 104 cm³/mol. The van der Waals surface area contributed by atoms with Gasteiger partial charge in [-0.15, -0.1) is 0 Å². The normalized spacial score (nSPS) is 10.6. The molecule has 0 atom stereocenters. The summed E-state index contributed by atoms with van der Waals surface area (Å²) < 4.78 is 17.0. The van der Waals surface area contributed by atoms with Crippen LogP contribution >= 0.6 is 15.9 Å². The molecule has 0 heterocycles. The number of halogens is 1. The van der Waals surface area contributed by atoms with Crippen LogP contribution in [-0.2, 0) is 4.79 Å². The number of hydrogen-bond donors (Lipinski definition) is 1. The van der Waals surface area contributed by atoms with E-state index in [9.17, 15) is 4.79 Å². The molecule has 138 valence electrons. The van der Waals surface area contributed by atoms with Crippen molar-refractivity contribution in [2.45, 2.75) is 13.8 Å². The largest absolute Gasteiger partial charge is 0.493 e. The minimum Gasteiger partial charge on any atom is -0.493 e. The maximum atomic E-state index is 11.8. The van der Waals surface area contributed by atoms with Crippen molar-refractivity contribution in [3.63, 3.8) is 0 Å². The average Bonchev–Trinajstić information content (AvgIpc) is 2.62. The van der Waals surface area contributed by atoms with E-state index < -0.39 is 0 Å². The van der Waals surface area contributed by atoms with Gasteiger partial charge in [-0.2, -0.15) is 5.10 Å².